The van der Waals surface area contributed by atoms with E-state index in [9.17, 15) is 13.2 Å². The maximum absolute atomic E-state index is 15.1. The lowest BCUT2D eigenvalue weighted by Gasteiger charge is -2.42. The Morgan fingerprint density at radius 3 is 2.53 bits per heavy atom. The van der Waals surface area contributed by atoms with Gasteiger partial charge in [-0.2, -0.15) is 18.3 Å². The zero-order valence-electron chi connectivity index (χ0n) is 20.4. The number of hydrogen-bond donors (Lipinski definition) is 1. The average Bonchev–Trinajstić information content (AvgIpc) is 3.50. The van der Waals surface area contributed by atoms with Gasteiger partial charge in [0.15, 0.2) is 5.82 Å². The Bertz CT molecular complexity index is 1510. The lowest BCUT2D eigenvalue weighted by atomic mass is 9.67. The smallest absolute Gasteiger partial charge is 0.401 e. The third-order valence-electron chi connectivity index (χ3n) is 7.32. The van der Waals surface area contributed by atoms with E-state index in [0.717, 1.165) is 4.57 Å². The van der Waals surface area contributed by atoms with Crippen LogP contribution in [0.3, 0.4) is 0 Å². The van der Waals surface area contributed by atoms with Crippen LogP contribution in [-0.2, 0) is 25.6 Å². The van der Waals surface area contributed by atoms with Gasteiger partial charge in [0.05, 0.1) is 38.3 Å². The predicted molar refractivity (Wildman–Crippen MR) is 126 cm³/mol. The molecular formula is C24H23F5N8O. The molecule has 0 saturated heterocycles. The number of anilines is 2. The van der Waals surface area contributed by atoms with Gasteiger partial charge < -0.3 is 19.2 Å². The fourth-order valence-corrected chi connectivity index (χ4v) is 5.19. The second-order valence-corrected chi connectivity index (χ2v) is 9.70. The van der Waals surface area contributed by atoms with Crippen molar-refractivity contribution in [1.29, 1.82) is 0 Å². The zero-order valence-corrected chi connectivity index (χ0v) is 20.4. The van der Waals surface area contributed by atoms with Crippen LogP contribution in [0.15, 0.2) is 36.8 Å². The maximum Gasteiger partial charge on any atom is 0.401 e. The highest BCUT2D eigenvalue weighted by Crippen LogP contribution is 2.55. The standard InChI is InChI=1S/C24H23F5N8O/c1-35-19(4-7-31-35)32-18-9-15(17(38-2)10-30-18)14-8-16-20-33-34-21(22(5-3-6-22)24(27,28)29)37(20)13-23(25,26)12-36(16)11-14/h4,7-11H,3,5-6,12-13H2,1-2H3,(H,30,32). The first-order valence-electron chi connectivity index (χ1n) is 11.9. The zero-order chi connectivity index (χ0) is 26.9. The second-order valence-electron chi connectivity index (χ2n) is 9.70. The molecule has 9 nitrogen and oxygen atoms in total. The second kappa shape index (κ2) is 8.27. The Morgan fingerprint density at radius 2 is 1.89 bits per heavy atom. The van der Waals surface area contributed by atoms with Gasteiger partial charge in [-0.05, 0) is 25.0 Å². The summed E-state index contributed by atoms with van der Waals surface area (Å²) < 4.78 is 81.8. The van der Waals surface area contributed by atoms with Crippen molar-refractivity contribution < 1.29 is 26.7 Å². The van der Waals surface area contributed by atoms with Crippen molar-refractivity contribution in [3.05, 3.63) is 42.6 Å². The van der Waals surface area contributed by atoms with Gasteiger partial charge in [-0.15, -0.1) is 10.2 Å². The molecule has 1 aliphatic carbocycles. The molecule has 0 spiro atoms. The summed E-state index contributed by atoms with van der Waals surface area (Å²) in [5, 5.41) is 15.1. The molecule has 38 heavy (non-hydrogen) atoms. The highest BCUT2D eigenvalue weighted by atomic mass is 19.4. The minimum absolute atomic E-state index is 0.0276. The summed E-state index contributed by atoms with van der Waals surface area (Å²) in [6.45, 7) is -1.66. The van der Waals surface area contributed by atoms with Crippen LogP contribution in [0.25, 0.3) is 22.6 Å². The molecule has 4 aromatic heterocycles. The Morgan fingerprint density at radius 1 is 1.11 bits per heavy atom. The maximum atomic E-state index is 15.1. The molecule has 6 rings (SSSR count). The molecule has 1 fully saturated rings. The molecule has 0 atom stereocenters. The molecule has 14 heteroatoms. The molecule has 2 aliphatic rings. The summed E-state index contributed by atoms with van der Waals surface area (Å²) in [5.41, 5.74) is -0.962. The number of alkyl halides is 5. The van der Waals surface area contributed by atoms with E-state index < -0.39 is 36.4 Å². The van der Waals surface area contributed by atoms with Gasteiger partial charge in [0.1, 0.15) is 28.6 Å². The van der Waals surface area contributed by atoms with E-state index in [1.54, 1.807) is 36.1 Å². The van der Waals surface area contributed by atoms with Gasteiger partial charge in [-0.1, -0.05) is 6.42 Å². The van der Waals surface area contributed by atoms with E-state index in [1.807, 2.05) is 0 Å². The normalized spacial score (nSPS) is 17.8. The van der Waals surface area contributed by atoms with E-state index in [2.05, 4.69) is 25.6 Å². The van der Waals surface area contributed by atoms with Crippen molar-refractivity contribution in [2.24, 2.45) is 7.05 Å². The number of halogens is 5. The fourth-order valence-electron chi connectivity index (χ4n) is 5.19. The van der Waals surface area contributed by atoms with Crippen molar-refractivity contribution in [1.82, 2.24) is 34.1 Å². The summed E-state index contributed by atoms with van der Waals surface area (Å²) >= 11 is 0. The van der Waals surface area contributed by atoms with Crippen molar-refractivity contribution in [2.75, 3.05) is 12.4 Å². The number of nitrogens with one attached hydrogen (secondary N) is 1. The van der Waals surface area contributed by atoms with Crippen molar-refractivity contribution >= 4 is 11.6 Å². The van der Waals surface area contributed by atoms with Crippen molar-refractivity contribution in [3.63, 3.8) is 0 Å². The monoisotopic (exact) mass is 534 g/mol. The van der Waals surface area contributed by atoms with Gasteiger partial charge in [0.2, 0.25) is 0 Å². The lowest BCUT2D eigenvalue weighted by molar-refractivity contribution is -0.216. The quantitative estimate of drug-likeness (QED) is 0.366. The number of pyridine rings is 1. The van der Waals surface area contributed by atoms with E-state index in [1.165, 1.54) is 24.1 Å². The number of aryl methyl sites for hydroxylation is 1. The minimum atomic E-state index is -4.62. The molecule has 0 amide bonds. The SMILES string of the molecule is COc1cnc(Nc2ccnn2C)cc1-c1cc2n(c1)CC(F)(F)Cn1c-2nnc1C1(C(F)(F)F)CCC1. The van der Waals surface area contributed by atoms with E-state index in [-0.39, 0.29) is 24.4 Å². The van der Waals surface area contributed by atoms with Gasteiger partial charge in [-0.25, -0.2) is 13.8 Å². The summed E-state index contributed by atoms with van der Waals surface area (Å²) in [6, 6.07) is 5.06. The number of ether oxygens (including phenoxy) is 1. The molecule has 1 aliphatic heterocycles. The van der Waals surface area contributed by atoms with Gasteiger partial charge in [0, 0.05) is 30.4 Å². The summed E-state index contributed by atoms with van der Waals surface area (Å²) in [5.74, 6) is -2.29. The highest BCUT2D eigenvalue weighted by molar-refractivity contribution is 5.77. The molecule has 0 unspecified atom stereocenters. The molecule has 5 heterocycles. The first-order valence-corrected chi connectivity index (χ1v) is 11.9. The lowest BCUT2D eigenvalue weighted by Crippen LogP contribution is -2.50. The van der Waals surface area contributed by atoms with Crippen LogP contribution in [0.4, 0.5) is 33.6 Å². The molecule has 4 aromatic rings. The fraction of sp³-hybridized carbons (Fsp3) is 0.417. The molecular weight excluding hydrogens is 511 g/mol. The third-order valence-corrected chi connectivity index (χ3v) is 7.32. The molecule has 1 N–H and O–H groups in total. The van der Waals surface area contributed by atoms with E-state index in [0.29, 0.717) is 34.9 Å². The average molecular weight is 534 g/mol. The van der Waals surface area contributed by atoms with Crippen LogP contribution in [0.1, 0.15) is 25.1 Å². The van der Waals surface area contributed by atoms with E-state index in [4.69, 9.17) is 4.74 Å². The van der Waals surface area contributed by atoms with Crippen LogP contribution >= 0.6 is 0 Å². The van der Waals surface area contributed by atoms with Gasteiger partial charge in [0.25, 0.3) is 5.92 Å². The summed E-state index contributed by atoms with van der Waals surface area (Å²) in [7, 11) is 3.22. The highest BCUT2D eigenvalue weighted by Gasteiger charge is 2.62. The number of aromatic nitrogens is 7. The Labute approximate surface area is 213 Å². The van der Waals surface area contributed by atoms with Crippen molar-refractivity contribution in [2.45, 2.75) is 49.9 Å². The number of hydrogen-bond acceptors (Lipinski definition) is 6. The topological polar surface area (TPSA) is 87.6 Å². The van der Waals surface area contributed by atoms with Crippen LogP contribution < -0.4 is 10.1 Å². The number of methoxy groups -OCH3 is 1. The Balaban J connectivity index is 1.46. The van der Waals surface area contributed by atoms with Crippen LogP contribution in [-0.4, -0.2) is 53.3 Å². The minimum Gasteiger partial charge on any atom is -0.494 e. The van der Waals surface area contributed by atoms with Crippen LogP contribution in [0.5, 0.6) is 5.75 Å². The summed E-state index contributed by atoms with van der Waals surface area (Å²) in [4.78, 5) is 4.34. The first-order chi connectivity index (χ1) is 18.0. The number of rotatable bonds is 5. The molecule has 0 aromatic carbocycles. The predicted octanol–water partition coefficient (Wildman–Crippen LogP) is 4.93. The van der Waals surface area contributed by atoms with Crippen molar-refractivity contribution in [3.8, 4) is 28.4 Å². The Hall–Kier alpha value is -3.97. The summed E-state index contributed by atoms with van der Waals surface area (Å²) in [6.07, 6.45) is -0.0479. The van der Waals surface area contributed by atoms with Crippen LogP contribution in [0, 0.1) is 0 Å². The third kappa shape index (κ3) is 3.72. The molecule has 0 radical (unpaired) electrons. The van der Waals surface area contributed by atoms with E-state index >= 15 is 8.78 Å². The Kier molecular flexibility index (Phi) is 5.30. The molecule has 0 bridgehead atoms. The molecule has 1 saturated carbocycles. The van der Waals surface area contributed by atoms with Crippen LogP contribution in [0.2, 0.25) is 0 Å². The number of nitrogens with zero attached hydrogens (tertiary/aromatic N) is 7. The first kappa shape index (κ1) is 24.4. The molecule has 200 valence electrons. The van der Waals surface area contributed by atoms with Gasteiger partial charge >= 0.3 is 6.18 Å². The number of fused-ring (bicyclic) bond motifs is 3. The largest absolute Gasteiger partial charge is 0.494 e. The van der Waals surface area contributed by atoms with Gasteiger partial charge in [-0.3, -0.25) is 4.68 Å².